The molecule has 0 aliphatic heterocycles. The fraction of sp³-hybridized carbons (Fsp3) is 0.594. The topological polar surface area (TPSA) is 44.8 Å². The Balaban J connectivity index is 2.31. The molecule has 2 radical (unpaired) electrons. The van der Waals surface area contributed by atoms with Crippen molar-refractivity contribution in [1.82, 2.24) is 0 Å². The molecule has 4 nitrogen and oxygen atoms in total. The van der Waals surface area contributed by atoms with Gasteiger partial charge in [0.25, 0.3) is 0 Å². The second kappa shape index (κ2) is 15.0. The Morgan fingerprint density at radius 2 is 1.45 bits per heavy atom. The molecule has 0 unspecified atom stereocenters. The van der Waals surface area contributed by atoms with Crippen molar-refractivity contribution in [2.24, 2.45) is 0 Å². The number of unbranched alkanes of at least 4 members (excludes halogenated alkanes) is 4. The van der Waals surface area contributed by atoms with Crippen LogP contribution in [0.2, 0.25) is 0 Å². The highest BCUT2D eigenvalue weighted by Gasteiger charge is 2.34. The molecule has 0 aliphatic rings. The van der Waals surface area contributed by atoms with Crippen molar-refractivity contribution in [2.75, 3.05) is 13.2 Å². The third-order valence-electron chi connectivity index (χ3n) is 6.13. The number of benzene rings is 2. The van der Waals surface area contributed by atoms with E-state index >= 15 is 0 Å². The zero-order valence-electron chi connectivity index (χ0n) is 25.1. The van der Waals surface area contributed by atoms with Crippen molar-refractivity contribution >= 4 is 31.8 Å². The Hall–Kier alpha value is -1.92. The van der Waals surface area contributed by atoms with Crippen LogP contribution in [0.4, 0.5) is 0 Å². The first-order valence-corrected chi connectivity index (χ1v) is 15.9. The van der Waals surface area contributed by atoms with Gasteiger partial charge >= 0.3 is 9.76 Å². The minimum absolute atomic E-state index is 0.0956. The molecule has 0 atom stereocenters. The molecule has 0 heterocycles. The van der Waals surface area contributed by atoms with Gasteiger partial charge in [-0.05, 0) is 48.4 Å². The number of carbonyl (C=O) groups is 1. The molecular formula is C32H48O4SSi. The molecule has 0 saturated heterocycles. The lowest BCUT2D eigenvalue weighted by atomic mass is 9.78. The number of ether oxygens (including phenoxy) is 2. The largest absolute Gasteiger partial charge is 0.535 e. The monoisotopic (exact) mass is 556 g/mol. The molecule has 0 amide bonds. The van der Waals surface area contributed by atoms with E-state index in [-0.39, 0.29) is 25.7 Å². The molecule has 2 rings (SSSR count). The van der Waals surface area contributed by atoms with Gasteiger partial charge in [0.1, 0.15) is 17.2 Å². The van der Waals surface area contributed by atoms with Crippen molar-refractivity contribution in [3.05, 3.63) is 41.5 Å². The van der Waals surface area contributed by atoms with Gasteiger partial charge in [0.05, 0.1) is 13.2 Å². The Labute approximate surface area is 238 Å². The maximum Gasteiger partial charge on any atom is 0.351 e. The van der Waals surface area contributed by atoms with Crippen molar-refractivity contribution in [3.63, 3.8) is 0 Å². The Morgan fingerprint density at radius 3 is 2.05 bits per heavy atom. The van der Waals surface area contributed by atoms with Crippen molar-refractivity contribution in [3.8, 4) is 17.2 Å². The highest BCUT2D eigenvalue weighted by Crippen LogP contribution is 2.49. The second-order valence-electron chi connectivity index (χ2n) is 11.7. The smallest absolute Gasteiger partial charge is 0.351 e. The van der Waals surface area contributed by atoms with E-state index in [1.165, 1.54) is 31.0 Å². The van der Waals surface area contributed by atoms with E-state index in [1.54, 1.807) is 0 Å². The Bertz CT molecular complexity index is 1040. The van der Waals surface area contributed by atoms with Gasteiger partial charge in [-0.2, -0.15) is 0 Å². The summed E-state index contributed by atoms with van der Waals surface area (Å²) in [5.74, 6) is 2.47. The lowest BCUT2D eigenvalue weighted by Gasteiger charge is -2.33. The Kier molecular flexibility index (Phi) is 12.8. The van der Waals surface area contributed by atoms with Crippen LogP contribution in [0.25, 0.3) is 0 Å². The maximum atomic E-state index is 12.5. The van der Waals surface area contributed by atoms with E-state index in [1.807, 2.05) is 32.0 Å². The molecule has 0 saturated carbocycles. The van der Waals surface area contributed by atoms with E-state index < -0.39 is 0 Å². The molecule has 0 N–H and O–H groups in total. The number of carbonyl (C=O) groups excluding carboxylic acids is 1. The number of thioether (sulfide) groups is 1. The summed E-state index contributed by atoms with van der Waals surface area (Å²) in [6.45, 7) is 20.5. The van der Waals surface area contributed by atoms with Gasteiger partial charge in [0.15, 0.2) is 5.12 Å². The molecular weight excluding hydrogens is 509 g/mol. The van der Waals surface area contributed by atoms with Gasteiger partial charge in [-0.25, -0.2) is 0 Å². The molecule has 0 fully saturated rings. The van der Waals surface area contributed by atoms with Crippen LogP contribution >= 0.6 is 11.8 Å². The van der Waals surface area contributed by atoms with Crippen LogP contribution in [-0.2, 0) is 15.6 Å². The minimum atomic E-state index is -0.198. The zero-order chi connectivity index (χ0) is 28.3. The zero-order valence-corrected chi connectivity index (χ0v) is 26.9. The Morgan fingerprint density at radius 1 is 0.816 bits per heavy atom. The van der Waals surface area contributed by atoms with Crippen LogP contribution in [0, 0.1) is 0 Å². The van der Waals surface area contributed by atoms with Gasteiger partial charge in [0.2, 0.25) is 0 Å². The van der Waals surface area contributed by atoms with Crippen LogP contribution in [0.1, 0.15) is 112 Å². The fourth-order valence-electron chi connectivity index (χ4n) is 4.46. The van der Waals surface area contributed by atoms with Crippen molar-refractivity contribution in [2.45, 2.75) is 117 Å². The summed E-state index contributed by atoms with van der Waals surface area (Å²) in [5, 5.41) is 1.29. The SMILES string of the molecule is CCCCCCCC(=O)Sc1cccc([Si]Oc2cc(OCC)c(C(C)(C)C)c(OCC)c2C(C)(C)C)c1. The molecule has 38 heavy (non-hydrogen) atoms. The molecule has 210 valence electrons. The molecule has 0 aliphatic carbocycles. The first-order valence-electron chi connectivity index (χ1n) is 14.1. The van der Waals surface area contributed by atoms with Gasteiger partial charge < -0.3 is 13.9 Å². The molecule has 2 aromatic rings. The highest BCUT2D eigenvalue weighted by atomic mass is 32.2. The average molecular weight is 557 g/mol. The van der Waals surface area contributed by atoms with E-state index in [4.69, 9.17) is 13.9 Å². The fourth-order valence-corrected chi connectivity index (χ4v) is 6.18. The van der Waals surface area contributed by atoms with Gasteiger partial charge in [-0.15, -0.1) is 0 Å². The highest BCUT2D eigenvalue weighted by molar-refractivity contribution is 8.13. The summed E-state index contributed by atoms with van der Waals surface area (Å²) in [5.41, 5.74) is 1.78. The van der Waals surface area contributed by atoms with Crippen LogP contribution in [0.5, 0.6) is 17.2 Å². The summed E-state index contributed by atoms with van der Waals surface area (Å²) in [4.78, 5) is 13.5. The molecule has 6 heteroatoms. The lowest BCUT2D eigenvalue weighted by molar-refractivity contribution is -0.111. The molecule has 0 spiro atoms. The first kappa shape index (κ1) is 32.3. The number of hydrogen-bond donors (Lipinski definition) is 0. The van der Waals surface area contributed by atoms with Crippen LogP contribution < -0.4 is 19.1 Å². The van der Waals surface area contributed by atoms with Gasteiger partial charge in [-0.1, -0.05) is 98.0 Å². The number of rotatable bonds is 14. The molecule has 2 aromatic carbocycles. The third-order valence-corrected chi connectivity index (χ3v) is 7.92. The molecule has 0 bridgehead atoms. The number of hydrogen-bond acceptors (Lipinski definition) is 5. The van der Waals surface area contributed by atoms with Gasteiger partial charge in [0, 0.05) is 28.5 Å². The van der Waals surface area contributed by atoms with Crippen LogP contribution in [0.15, 0.2) is 35.2 Å². The van der Waals surface area contributed by atoms with Crippen molar-refractivity contribution in [1.29, 1.82) is 0 Å². The second-order valence-corrected chi connectivity index (χ2v) is 13.8. The normalized spacial score (nSPS) is 11.9. The standard InChI is InChI=1S/C32H48O4SSi/c1-10-13-14-15-16-20-27(33)37-23-18-17-19-24(21-23)38-36-26-22-25(34-11-2)28(31(4,5)6)30(35-12-3)29(26)32(7,8)9/h17-19,21-22H,10-16,20H2,1-9H3. The van der Waals surface area contributed by atoms with Crippen molar-refractivity contribution < 1.29 is 18.7 Å². The van der Waals surface area contributed by atoms with E-state index in [9.17, 15) is 4.79 Å². The van der Waals surface area contributed by atoms with Crippen LogP contribution in [0.3, 0.4) is 0 Å². The van der Waals surface area contributed by atoms with E-state index in [0.29, 0.717) is 19.6 Å². The average Bonchev–Trinajstić information content (AvgIpc) is 2.81. The predicted molar refractivity (Wildman–Crippen MR) is 163 cm³/mol. The van der Waals surface area contributed by atoms with Crippen LogP contribution in [-0.4, -0.2) is 28.1 Å². The van der Waals surface area contributed by atoms with E-state index in [2.05, 4.69) is 60.6 Å². The minimum Gasteiger partial charge on any atom is -0.535 e. The molecule has 0 aromatic heterocycles. The summed E-state index contributed by atoms with van der Waals surface area (Å²) in [6, 6.07) is 10.2. The predicted octanol–water partition coefficient (Wildman–Crippen LogP) is 8.38. The quantitative estimate of drug-likeness (QED) is 0.133. The summed E-state index contributed by atoms with van der Waals surface area (Å²) in [7, 11) is 0.0956. The summed E-state index contributed by atoms with van der Waals surface area (Å²) in [6.07, 6.45) is 6.42. The lowest BCUT2D eigenvalue weighted by Crippen LogP contribution is -2.25. The first-order chi connectivity index (χ1) is 17.9. The summed E-state index contributed by atoms with van der Waals surface area (Å²) < 4.78 is 19.0. The van der Waals surface area contributed by atoms with E-state index in [0.717, 1.165) is 51.3 Å². The summed E-state index contributed by atoms with van der Waals surface area (Å²) >= 11 is 1.34. The maximum absolute atomic E-state index is 12.5. The third kappa shape index (κ3) is 9.67. The van der Waals surface area contributed by atoms with Gasteiger partial charge in [-0.3, -0.25) is 4.79 Å².